The number of amides is 1. The van der Waals surface area contributed by atoms with Crippen molar-refractivity contribution < 1.29 is 4.79 Å². The average molecular weight is 491 g/mol. The molecule has 8 heteroatoms. The maximum atomic E-state index is 13.6. The summed E-state index contributed by atoms with van der Waals surface area (Å²) in [4.78, 5) is 36.0. The van der Waals surface area contributed by atoms with Crippen molar-refractivity contribution in [2.75, 3.05) is 18.0 Å². The molecule has 2 fully saturated rings. The molecular formula is C26H26N4O2S2. The van der Waals surface area contributed by atoms with Gasteiger partial charge in [-0.1, -0.05) is 59.9 Å². The molecule has 3 aromatic rings. The number of thiocarbonyl (C=S) groups is 1. The number of thioether (sulfide) groups is 1. The van der Waals surface area contributed by atoms with Crippen molar-refractivity contribution in [2.24, 2.45) is 0 Å². The van der Waals surface area contributed by atoms with Crippen LogP contribution in [-0.2, 0) is 11.3 Å². The van der Waals surface area contributed by atoms with Gasteiger partial charge in [0.2, 0.25) is 0 Å². The summed E-state index contributed by atoms with van der Waals surface area (Å²) in [6.07, 6.45) is 6.79. The Bertz CT molecular complexity index is 1370. The summed E-state index contributed by atoms with van der Waals surface area (Å²) >= 11 is 6.78. The van der Waals surface area contributed by atoms with Crippen LogP contribution in [0.3, 0.4) is 0 Å². The zero-order valence-electron chi connectivity index (χ0n) is 19.3. The fourth-order valence-corrected chi connectivity index (χ4v) is 5.60. The van der Waals surface area contributed by atoms with Gasteiger partial charge in [0.25, 0.3) is 11.5 Å². The second-order valence-electron chi connectivity index (χ2n) is 8.89. The molecule has 2 aliphatic heterocycles. The van der Waals surface area contributed by atoms with Crippen LogP contribution < -0.4 is 10.5 Å². The highest BCUT2D eigenvalue weighted by atomic mass is 32.2. The minimum absolute atomic E-state index is 0.168. The van der Waals surface area contributed by atoms with E-state index in [2.05, 4.69) is 4.90 Å². The summed E-state index contributed by atoms with van der Waals surface area (Å²) in [7, 11) is 0. The van der Waals surface area contributed by atoms with E-state index in [0.717, 1.165) is 37.1 Å². The maximum absolute atomic E-state index is 13.6. The largest absolute Gasteiger partial charge is 0.356 e. The Morgan fingerprint density at radius 3 is 2.44 bits per heavy atom. The molecule has 2 saturated heterocycles. The zero-order chi connectivity index (χ0) is 23.8. The number of carbonyl (C=O) groups excluding carboxylic acids is 1. The van der Waals surface area contributed by atoms with Crippen molar-refractivity contribution in [3.05, 3.63) is 80.1 Å². The lowest BCUT2D eigenvalue weighted by atomic mass is 10.1. The number of fused-ring (bicyclic) bond motifs is 1. The van der Waals surface area contributed by atoms with Crippen molar-refractivity contribution in [1.82, 2.24) is 14.3 Å². The Morgan fingerprint density at radius 2 is 1.71 bits per heavy atom. The molecule has 0 bridgehead atoms. The molecule has 0 N–H and O–H groups in total. The lowest BCUT2D eigenvalue weighted by molar-refractivity contribution is -0.122. The predicted molar refractivity (Wildman–Crippen MR) is 142 cm³/mol. The van der Waals surface area contributed by atoms with Gasteiger partial charge in [-0.2, -0.15) is 0 Å². The Morgan fingerprint density at radius 1 is 1.00 bits per heavy atom. The number of nitrogens with zero attached hydrogens (tertiary/aromatic N) is 4. The van der Waals surface area contributed by atoms with Crippen LogP contribution in [0.1, 0.15) is 41.5 Å². The number of anilines is 1. The summed E-state index contributed by atoms with van der Waals surface area (Å²) in [6.45, 7) is 6.09. The van der Waals surface area contributed by atoms with Crippen molar-refractivity contribution in [1.29, 1.82) is 0 Å². The van der Waals surface area contributed by atoms with E-state index in [4.69, 9.17) is 17.2 Å². The molecule has 174 valence electrons. The minimum atomic E-state index is -0.172. The highest BCUT2D eigenvalue weighted by Crippen LogP contribution is 2.34. The summed E-state index contributed by atoms with van der Waals surface area (Å²) < 4.78 is 2.07. The third-order valence-corrected chi connectivity index (χ3v) is 7.63. The van der Waals surface area contributed by atoms with Gasteiger partial charge in [-0.05, 0) is 56.4 Å². The van der Waals surface area contributed by atoms with Crippen LogP contribution in [0.5, 0.6) is 0 Å². The van der Waals surface area contributed by atoms with E-state index < -0.39 is 0 Å². The number of aryl methyl sites for hydroxylation is 2. The topological polar surface area (TPSA) is 57.9 Å². The Balaban J connectivity index is 1.56. The summed E-state index contributed by atoms with van der Waals surface area (Å²) in [6, 6.07) is 11.9. The third kappa shape index (κ3) is 4.40. The molecule has 5 rings (SSSR count). The predicted octanol–water partition coefficient (Wildman–Crippen LogP) is 4.70. The first kappa shape index (κ1) is 22.8. The first-order chi connectivity index (χ1) is 16.4. The van der Waals surface area contributed by atoms with Crippen LogP contribution in [-0.4, -0.2) is 37.6 Å². The second-order valence-corrected chi connectivity index (χ2v) is 10.6. The molecule has 6 nitrogen and oxygen atoms in total. The van der Waals surface area contributed by atoms with Crippen LogP contribution in [0, 0.1) is 13.8 Å². The molecule has 0 aliphatic carbocycles. The number of pyridine rings is 1. The molecule has 34 heavy (non-hydrogen) atoms. The zero-order valence-corrected chi connectivity index (χ0v) is 20.9. The molecule has 0 saturated carbocycles. The van der Waals surface area contributed by atoms with Gasteiger partial charge < -0.3 is 4.90 Å². The SMILES string of the molecule is Cc1ccc(CN2C(=O)/C(=C/c3c(N4CCCCC4)nc4ccc(C)cn4c3=O)SC2=S)cc1. The molecule has 1 amide bonds. The van der Waals surface area contributed by atoms with E-state index in [1.165, 1.54) is 23.7 Å². The Labute approximate surface area is 208 Å². The minimum Gasteiger partial charge on any atom is -0.356 e. The standard InChI is InChI=1S/C26H26N4O2S2/c1-17-6-9-19(10-7-17)16-30-25(32)21(34-26(30)33)14-20-23(28-12-4-3-5-13-28)27-22-11-8-18(2)15-29(22)24(20)31/h6-11,14-15H,3-5,12-13,16H2,1-2H3/b21-14-. The number of rotatable bonds is 4. The van der Waals surface area contributed by atoms with E-state index in [1.54, 1.807) is 21.6 Å². The number of hydrogen-bond acceptors (Lipinski definition) is 6. The van der Waals surface area contributed by atoms with Gasteiger partial charge in [0.05, 0.1) is 17.0 Å². The quantitative estimate of drug-likeness (QED) is 0.390. The van der Waals surface area contributed by atoms with E-state index in [-0.39, 0.29) is 11.5 Å². The smallest absolute Gasteiger partial charge is 0.267 e. The number of carbonyl (C=O) groups is 1. The lowest BCUT2D eigenvalue weighted by Gasteiger charge is -2.29. The molecular weight excluding hydrogens is 464 g/mol. The number of hydrogen-bond donors (Lipinski definition) is 0. The molecule has 0 spiro atoms. The van der Waals surface area contributed by atoms with Gasteiger partial charge >= 0.3 is 0 Å². The van der Waals surface area contributed by atoms with Crippen LogP contribution in [0.25, 0.3) is 11.7 Å². The summed E-state index contributed by atoms with van der Waals surface area (Å²) in [5, 5.41) is 0. The van der Waals surface area contributed by atoms with E-state index in [9.17, 15) is 9.59 Å². The second kappa shape index (κ2) is 9.35. The van der Waals surface area contributed by atoms with Gasteiger partial charge in [-0.25, -0.2) is 4.98 Å². The lowest BCUT2D eigenvalue weighted by Crippen LogP contribution is -2.33. The van der Waals surface area contributed by atoms with Crippen molar-refractivity contribution in [3.63, 3.8) is 0 Å². The number of piperidine rings is 1. The molecule has 0 atom stereocenters. The van der Waals surface area contributed by atoms with Gasteiger partial charge in [0.15, 0.2) is 0 Å². The molecule has 2 aromatic heterocycles. The number of aromatic nitrogens is 2. The van der Waals surface area contributed by atoms with Gasteiger partial charge in [0.1, 0.15) is 15.8 Å². The first-order valence-electron chi connectivity index (χ1n) is 11.5. The van der Waals surface area contributed by atoms with E-state index >= 15 is 0 Å². The number of benzene rings is 1. The highest BCUT2D eigenvalue weighted by molar-refractivity contribution is 8.26. The summed E-state index contributed by atoms with van der Waals surface area (Å²) in [5.41, 5.74) is 4.04. The highest BCUT2D eigenvalue weighted by Gasteiger charge is 2.33. The average Bonchev–Trinajstić information content (AvgIpc) is 3.10. The van der Waals surface area contributed by atoms with Gasteiger partial charge in [0, 0.05) is 19.3 Å². The van der Waals surface area contributed by atoms with Crippen LogP contribution in [0.4, 0.5) is 5.82 Å². The van der Waals surface area contributed by atoms with Gasteiger partial charge in [-0.15, -0.1) is 0 Å². The third-order valence-electron chi connectivity index (χ3n) is 6.25. The van der Waals surface area contributed by atoms with Crippen LogP contribution in [0.2, 0.25) is 0 Å². The van der Waals surface area contributed by atoms with Gasteiger partial charge in [-0.3, -0.25) is 18.9 Å². The molecule has 2 aliphatic rings. The fourth-order valence-electron chi connectivity index (χ4n) is 4.36. The van der Waals surface area contributed by atoms with E-state index in [0.29, 0.717) is 32.8 Å². The molecule has 1 aromatic carbocycles. The molecule has 0 unspecified atom stereocenters. The summed E-state index contributed by atoms with van der Waals surface area (Å²) in [5.74, 6) is 0.478. The Hall–Kier alpha value is -2.97. The van der Waals surface area contributed by atoms with Crippen molar-refractivity contribution in [3.8, 4) is 0 Å². The Kier molecular flexibility index (Phi) is 6.27. The molecule has 0 radical (unpaired) electrons. The normalized spacial score (nSPS) is 17.9. The monoisotopic (exact) mass is 490 g/mol. The van der Waals surface area contributed by atoms with E-state index in [1.807, 2.05) is 50.2 Å². The van der Waals surface area contributed by atoms with Crippen LogP contribution >= 0.6 is 24.0 Å². The van der Waals surface area contributed by atoms with Crippen molar-refractivity contribution in [2.45, 2.75) is 39.7 Å². The molecule has 4 heterocycles. The van der Waals surface area contributed by atoms with Crippen molar-refractivity contribution >= 4 is 51.7 Å². The fraction of sp³-hybridized carbons (Fsp3) is 0.308. The maximum Gasteiger partial charge on any atom is 0.267 e. The first-order valence-corrected chi connectivity index (χ1v) is 12.7. The van der Waals surface area contributed by atoms with Crippen LogP contribution in [0.15, 0.2) is 52.3 Å².